The van der Waals surface area contributed by atoms with Crippen molar-refractivity contribution >= 4 is 24.0 Å². The van der Waals surface area contributed by atoms with Crippen molar-refractivity contribution in [3.8, 4) is 22.4 Å². The summed E-state index contributed by atoms with van der Waals surface area (Å²) in [6.07, 6.45) is 7.94. The van der Waals surface area contributed by atoms with Gasteiger partial charge in [-0.3, -0.25) is 0 Å². The fraction of sp³-hybridized carbons (Fsp3) is 0.344. The Morgan fingerprint density at radius 2 is 1.50 bits per heavy atom. The van der Waals surface area contributed by atoms with Crippen LogP contribution in [0.15, 0.2) is 66.9 Å². The molecule has 4 aromatic rings. The maximum absolute atomic E-state index is 2.59. The third-order valence-electron chi connectivity index (χ3n) is 8.51. The van der Waals surface area contributed by atoms with E-state index in [4.69, 9.17) is 0 Å². The van der Waals surface area contributed by atoms with E-state index in [1.807, 2.05) is 0 Å². The maximum Gasteiger partial charge on any atom is 0.220 e. The molecule has 0 aliphatic heterocycles. The second kappa shape index (κ2) is 8.81. The van der Waals surface area contributed by atoms with Crippen LogP contribution in [0, 0.1) is 20.8 Å². The highest BCUT2D eigenvalue weighted by Crippen LogP contribution is 2.39. The number of benzene rings is 3. The van der Waals surface area contributed by atoms with E-state index in [2.05, 4.69) is 112 Å². The van der Waals surface area contributed by atoms with Crippen LogP contribution in [0.3, 0.4) is 0 Å². The van der Waals surface area contributed by atoms with Gasteiger partial charge in [0.1, 0.15) is 7.05 Å². The Morgan fingerprint density at radius 3 is 2.18 bits per heavy atom. The molecule has 0 bridgehead atoms. The summed E-state index contributed by atoms with van der Waals surface area (Å²) < 4.78 is 2.29. The topological polar surface area (TPSA) is 3.88 Å². The van der Waals surface area contributed by atoms with Gasteiger partial charge in [0.25, 0.3) is 0 Å². The molecular formula is C32H38NSi+. The number of aryl methyl sites for hydroxylation is 4. The fourth-order valence-electron chi connectivity index (χ4n) is 6.35. The lowest BCUT2D eigenvalue weighted by Crippen LogP contribution is -2.45. The molecule has 0 N–H and O–H groups in total. The summed E-state index contributed by atoms with van der Waals surface area (Å²) in [5.74, 6) is 0. The van der Waals surface area contributed by atoms with Crippen molar-refractivity contribution in [3.63, 3.8) is 0 Å². The summed E-state index contributed by atoms with van der Waals surface area (Å²) in [6, 6.07) is 23.3. The molecule has 0 radical (unpaired) electrons. The van der Waals surface area contributed by atoms with Crippen LogP contribution < -0.4 is 9.75 Å². The molecule has 1 fully saturated rings. The number of hydrogen-bond acceptors (Lipinski definition) is 0. The van der Waals surface area contributed by atoms with E-state index in [9.17, 15) is 0 Å². The molecule has 0 saturated heterocycles. The van der Waals surface area contributed by atoms with Gasteiger partial charge in [-0.1, -0.05) is 86.4 Å². The molecule has 5 rings (SSSR count). The minimum atomic E-state index is -1.45. The summed E-state index contributed by atoms with van der Waals surface area (Å²) in [6.45, 7) is 11.9. The van der Waals surface area contributed by atoms with Gasteiger partial charge in [-0.15, -0.1) is 0 Å². The molecule has 0 atom stereocenters. The van der Waals surface area contributed by atoms with Gasteiger partial charge < -0.3 is 0 Å². The molecule has 34 heavy (non-hydrogen) atoms. The standard InChI is InChI=1S/C32H38NSi/c1-22-10-9-11-23(2)31(22)26-14-16-29(24(3)20-26)32-30-17-15-28(21-25(30)18-19-33(32)4)34(5,6)27-12-7-8-13-27/h9-11,14-21,27H,7-8,12-13H2,1-6H3/q+1. The second-order valence-electron chi connectivity index (χ2n) is 11.1. The molecule has 1 aromatic heterocycles. The van der Waals surface area contributed by atoms with Gasteiger partial charge in [-0.05, 0) is 71.6 Å². The van der Waals surface area contributed by atoms with Crippen molar-refractivity contribution in [2.75, 3.05) is 0 Å². The van der Waals surface area contributed by atoms with Crippen molar-refractivity contribution in [1.29, 1.82) is 0 Å². The molecule has 1 aliphatic rings. The van der Waals surface area contributed by atoms with Crippen LogP contribution in [0.5, 0.6) is 0 Å². The predicted octanol–water partition coefficient (Wildman–Crippen LogP) is 7.78. The lowest BCUT2D eigenvalue weighted by Gasteiger charge is -2.30. The Balaban J connectivity index is 1.60. The van der Waals surface area contributed by atoms with Gasteiger partial charge in [-0.25, -0.2) is 4.57 Å². The molecule has 2 heteroatoms. The second-order valence-corrected chi connectivity index (χ2v) is 15.9. The molecular weight excluding hydrogens is 426 g/mol. The fourth-order valence-corrected chi connectivity index (χ4v) is 9.71. The Labute approximate surface area is 206 Å². The highest BCUT2D eigenvalue weighted by molar-refractivity contribution is 6.91. The molecule has 1 nitrogen and oxygen atoms in total. The van der Waals surface area contributed by atoms with Crippen LogP contribution in [-0.4, -0.2) is 8.07 Å². The molecule has 0 unspecified atom stereocenters. The zero-order valence-electron chi connectivity index (χ0n) is 21.7. The third kappa shape index (κ3) is 3.92. The van der Waals surface area contributed by atoms with E-state index in [0.717, 1.165) is 5.54 Å². The molecule has 1 aliphatic carbocycles. The Bertz CT molecular complexity index is 1360. The lowest BCUT2D eigenvalue weighted by atomic mass is 9.92. The van der Waals surface area contributed by atoms with E-state index in [-0.39, 0.29) is 0 Å². The van der Waals surface area contributed by atoms with Crippen molar-refractivity contribution in [3.05, 3.63) is 83.6 Å². The third-order valence-corrected chi connectivity index (χ3v) is 12.9. The van der Waals surface area contributed by atoms with Crippen LogP contribution in [-0.2, 0) is 7.05 Å². The van der Waals surface area contributed by atoms with Crippen LogP contribution in [0.25, 0.3) is 33.2 Å². The quantitative estimate of drug-likeness (QED) is 0.214. The van der Waals surface area contributed by atoms with Gasteiger partial charge in [0.2, 0.25) is 5.69 Å². The number of aromatic nitrogens is 1. The van der Waals surface area contributed by atoms with Crippen LogP contribution in [0.2, 0.25) is 18.6 Å². The van der Waals surface area contributed by atoms with E-state index in [1.54, 1.807) is 5.19 Å². The highest BCUT2D eigenvalue weighted by Gasteiger charge is 2.35. The van der Waals surface area contributed by atoms with E-state index < -0.39 is 8.07 Å². The predicted molar refractivity (Wildman–Crippen MR) is 150 cm³/mol. The van der Waals surface area contributed by atoms with Crippen molar-refractivity contribution in [2.45, 2.75) is 65.1 Å². The van der Waals surface area contributed by atoms with Crippen molar-refractivity contribution < 1.29 is 4.57 Å². The molecule has 1 heterocycles. The summed E-state index contributed by atoms with van der Waals surface area (Å²) in [5, 5.41) is 4.35. The van der Waals surface area contributed by atoms with Crippen LogP contribution in [0.1, 0.15) is 42.4 Å². The lowest BCUT2D eigenvalue weighted by molar-refractivity contribution is -0.659. The first-order valence-electron chi connectivity index (χ1n) is 12.9. The monoisotopic (exact) mass is 464 g/mol. The van der Waals surface area contributed by atoms with Gasteiger partial charge in [0.05, 0.1) is 13.5 Å². The summed E-state index contributed by atoms with van der Waals surface area (Å²) in [7, 11) is 0.732. The molecule has 174 valence electrons. The minimum Gasteiger partial charge on any atom is -0.200 e. The van der Waals surface area contributed by atoms with Crippen LogP contribution >= 0.6 is 0 Å². The van der Waals surface area contributed by atoms with Crippen molar-refractivity contribution in [2.24, 2.45) is 7.05 Å². The van der Waals surface area contributed by atoms with Gasteiger partial charge in [-0.2, -0.15) is 0 Å². The largest absolute Gasteiger partial charge is 0.220 e. The zero-order chi connectivity index (χ0) is 24.0. The molecule has 1 saturated carbocycles. The number of fused-ring (bicyclic) bond motifs is 1. The number of rotatable bonds is 4. The summed E-state index contributed by atoms with van der Waals surface area (Å²) >= 11 is 0. The molecule has 0 amide bonds. The number of pyridine rings is 1. The average molecular weight is 465 g/mol. The van der Waals surface area contributed by atoms with E-state index >= 15 is 0 Å². The van der Waals surface area contributed by atoms with Gasteiger partial charge in [0, 0.05) is 11.6 Å². The Morgan fingerprint density at radius 1 is 0.794 bits per heavy atom. The van der Waals surface area contributed by atoms with Gasteiger partial charge in [0.15, 0.2) is 6.20 Å². The minimum absolute atomic E-state index is 0.934. The number of hydrogen-bond donors (Lipinski definition) is 0. The Hall–Kier alpha value is -2.71. The Kier molecular flexibility index (Phi) is 5.98. The molecule has 3 aromatic carbocycles. The van der Waals surface area contributed by atoms with E-state index in [0.29, 0.717) is 0 Å². The average Bonchev–Trinajstić information content (AvgIpc) is 3.35. The first-order valence-corrected chi connectivity index (χ1v) is 16.0. The summed E-state index contributed by atoms with van der Waals surface area (Å²) in [5.41, 5.74) is 10.2. The maximum atomic E-state index is 2.59. The highest BCUT2D eigenvalue weighted by atomic mass is 28.3. The first kappa shape index (κ1) is 23.0. The first-order chi connectivity index (χ1) is 16.3. The smallest absolute Gasteiger partial charge is 0.200 e. The van der Waals surface area contributed by atoms with E-state index in [1.165, 1.54) is 75.5 Å². The van der Waals surface area contributed by atoms with Crippen molar-refractivity contribution in [1.82, 2.24) is 0 Å². The normalized spacial score (nSPS) is 14.8. The zero-order valence-corrected chi connectivity index (χ0v) is 22.7. The molecule has 0 spiro atoms. The number of nitrogens with zero attached hydrogens (tertiary/aromatic N) is 1. The van der Waals surface area contributed by atoms with Gasteiger partial charge >= 0.3 is 0 Å². The SMILES string of the molecule is Cc1cc(-c2c(C)cccc2C)ccc1-c1c2ccc([Si](C)(C)C3CCCC3)cc2cc[n+]1C. The summed E-state index contributed by atoms with van der Waals surface area (Å²) in [4.78, 5) is 0. The van der Waals surface area contributed by atoms with Crippen LogP contribution in [0.4, 0.5) is 0 Å².